The van der Waals surface area contributed by atoms with Gasteiger partial charge in [-0.2, -0.15) is 5.10 Å². The highest BCUT2D eigenvalue weighted by Crippen LogP contribution is 2.34. The maximum absolute atomic E-state index is 12.4. The van der Waals surface area contributed by atoms with Crippen LogP contribution in [0, 0.1) is 5.92 Å². The molecule has 0 bridgehead atoms. The van der Waals surface area contributed by atoms with Crippen molar-refractivity contribution in [2.45, 2.75) is 44.6 Å². The second kappa shape index (κ2) is 7.40. The van der Waals surface area contributed by atoms with Crippen LogP contribution in [0.25, 0.3) is 0 Å². The SMILES string of the molecule is O=C(CCC1CCNC1)Nc1ccnn1C1CCCc2ccccc21. The number of fused-ring (bicyclic) bond motifs is 1. The molecule has 2 aromatic rings. The monoisotopic (exact) mass is 338 g/mol. The molecule has 25 heavy (non-hydrogen) atoms. The lowest BCUT2D eigenvalue weighted by atomic mass is 9.88. The molecule has 1 aromatic heterocycles. The van der Waals surface area contributed by atoms with E-state index in [0.29, 0.717) is 12.3 Å². The Morgan fingerprint density at radius 1 is 1.28 bits per heavy atom. The third-order valence-corrected chi connectivity index (χ3v) is 5.51. The average Bonchev–Trinajstić information content (AvgIpc) is 3.31. The minimum Gasteiger partial charge on any atom is -0.316 e. The second-order valence-corrected chi connectivity index (χ2v) is 7.21. The van der Waals surface area contributed by atoms with Gasteiger partial charge in [-0.25, -0.2) is 4.68 Å². The van der Waals surface area contributed by atoms with Gasteiger partial charge in [0.05, 0.1) is 12.2 Å². The summed E-state index contributed by atoms with van der Waals surface area (Å²) in [6.45, 7) is 2.13. The van der Waals surface area contributed by atoms with Crippen LogP contribution in [-0.2, 0) is 11.2 Å². The van der Waals surface area contributed by atoms with E-state index in [9.17, 15) is 4.79 Å². The second-order valence-electron chi connectivity index (χ2n) is 7.21. The molecule has 5 nitrogen and oxygen atoms in total. The van der Waals surface area contributed by atoms with Gasteiger partial charge in [0.25, 0.3) is 0 Å². The van der Waals surface area contributed by atoms with Gasteiger partial charge in [0.15, 0.2) is 0 Å². The molecule has 1 aliphatic heterocycles. The van der Waals surface area contributed by atoms with Crippen LogP contribution in [0.15, 0.2) is 36.5 Å². The van der Waals surface area contributed by atoms with E-state index >= 15 is 0 Å². The van der Waals surface area contributed by atoms with Gasteiger partial charge in [-0.15, -0.1) is 0 Å². The third kappa shape index (κ3) is 3.61. The van der Waals surface area contributed by atoms with E-state index in [2.05, 4.69) is 40.0 Å². The highest BCUT2D eigenvalue weighted by molar-refractivity contribution is 5.89. The van der Waals surface area contributed by atoms with Gasteiger partial charge in [0.1, 0.15) is 5.82 Å². The molecule has 4 rings (SSSR count). The highest BCUT2D eigenvalue weighted by Gasteiger charge is 2.24. The molecule has 2 heterocycles. The Labute approximate surface area is 148 Å². The van der Waals surface area contributed by atoms with Crippen molar-refractivity contribution in [2.24, 2.45) is 5.92 Å². The molecule has 0 spiro atoms. The van der Waals surface area contributed by atoms with Crippen molar-refractivity contribution in [3.63, 3.8) is 0 Å². The molecule has 1 aliphatic carbocycles. The van der Waals surface area contributed by atoms with E-state index < -0.39 is 0 Å². The molecular weight excluding hydrogens is 312 g/mol. The normalized spacial score (nSPS) is 22.6. The summed E-state index contributed by atoms with van der Waals surface area (Å²) >= 11 is 0. The number of amides is 1. The van der Waals surface area contributed by atoms with Gasteiger partial charge in [-0.05, 0) is 62.2 Å². The van der Waals surface area contributed by atoms with Gasteiger partial charge in [-0.1, -0.05) is 24.3 Å². The number of rotatable bonds is 5. The quantitative estimate of drug-likeness (QED) is 0.880. The number of anilines is 1. The first kappa shape index (κ1) is 16.3. The zero-order valence-corrected chi connectivity index (χ0v) is 14.6. The summed E-state index contributed by atoms with van der Waals surface area (Å²) in [5, 5.41) is 11.0. The van der Waals surface area contributed by atoms with Gasteiger partial charge < -0.3 is 10.6 Å². The maximum Gasteiger partial charge on any atom is 0.225 e. The van der Waals surface area contributed by atoms with E-state index in [0.717, 1.165) is 44.6 Å². The number of nitrogens with one attached hydrogen (secondary N) is 2. The van der Waals surface area contributed by atoms with Crippen LogP contribution in [0.3, 0.4) is 0 Å². The van der Waals surface area contributed by atoms with Crippen molar-refractivity contribution in [3.05, 3.63) is 47.7 Å². The average molecular weight is 338 g/mol. The number of carbonyl (C=O) groups excluding carboxylic acids is 1. The minimum absolute atomic E-state index is 0.0951. The number of aryl methyl sites for hydroxylation is 1. The summed E-state index contributed by atoms with van der Waals surface area (Å²) in [4.78, 5) is 12.4. The Kier molecular flexibility index (Phi) is 4.83. The fourth-order valence-corrected chi connectivity index (χ4v) is 4.15. The molecule has 132 valence electrons. The molecule has 0 radical (unpaired) electrons. The fourth-order valence-electron chi connectivity index (χ4n) is 4.15. The summed E-state index contributed by atoms with van der Waals surface area (Å²) in [6.07, 6.45) is 7.86. The lowest BCUT2D eigenvalue weighted by Gasteiger charge is -2.27. The summed E-state index contributed by atoms with van der Waals surface area (Å²) in [7, 11) is 0. The number of carbonyl (C=O) groups is 1. The number of aromatic nitrogens is 2. The largest absolute Gasteiger partial charge is 0.316 e. The molecule has 5 heteroatoms. The van der Waals surface area contributed by atoms with Crippen LogP contribution >= 0.6 is 0 Å². The summed E-state index contributed by atoms with van der Waals surface area (Å²) in [6, 6.07) is 10.7. The molecule has 2 N–H and O–H groups in total. The van der Waals surface area contributed by atoms with Gasteiger partial charge in [0.2, 0.25) is 5.91 Å². The molecule has 0 saturated carbocycles. The first-order chi connectivity index (χ1) is 12.3. The highest BCUT2D eigenvalue weighted by atomic mass is 16.1. The van der Waals surface area contributed by atoms with Crippen molar-refractivity contribution in [3.8, 4) is 0 Å². The predicted molar refractivity (Wildman–Crippen MR) is 98.6 cm³/mol. The van der Waals surface area contributed by atoms with E-state index in [1.807, 2.05) is 10.7 Å². The molecule has 1 saturated heterocycles. The maximum atomic E-state index is 12.4. The first-order valence-electron chi connectivity index (χ1n) is 9.43. The number of nitrogens with zero attached hydrogens (tertiary/aromatic N) is 2. The number of benzene rings is 1. The molecule has 2 aliphatic rings. The third-order valence-electron chi connectivity index (χ3n) is 5.51. The van der Waals surface area contributed by atoms with E-state index in [-0.39, 0.29) is 11.9 Å². The molecule has 1 fully saturated rings. The van der Waals surface area contributed by atoms with E-state index in [1.54, 1.807) is 6.20 Å². The summed E-state index contributed by atoms with van der Waals surface area (Å²) in [5.41, 5.74) is 2.74. The lowest BCUT2D eigenvalue weighted by Crippen LogP contribution is -2.22. The Bertz CT molecular complexity index is 733. The van der Waals surface area contributed by atoms with Crippen LogP contribution in [-0.4, -0.2) is 28.8 Å². The topological polar surface area (TPSA) is 59.0 Å². The fraction of sp³-hybridized carbons (Fsp3) is 0.500. The zero-order valence-electron chi connectivity index (χ0n) is 14.6. The minimum atomic E-state index is 0.0951. The smallest absolute Gasteiger partial charge is 0.225 e. The summed E-state index contributed by atoms with van der Waals surface area (Å²) in [5.74, 6) is 1.55. The lowest BCUT2D eigenvalue weighted by molar-refractivity contribution is -0.116. The zero-order chi connectivity index (χ0) is 17.1. The van der Waals surface area contributed by atoms with Crippen LogP contribution in [0.2, 0.25) is 0 Å². The first-order valence-corrected chi connectivity index (χ1v) is 9.43. The van der Waals surface area contributed by atoms with Gasteiger partial charge >= 0.3 is 0 Å². The Morgan fingerprint density at radius 2 is 2.20 bits per heavy atom. The standard InChI is InChI=1S/C20H26N4O/c25-20(9-8-15-10-12-21-14-15)23-19-11-13-22-24(19)18-7-3-5-16-4-1-2-6-17(16)18/h1-2,4,6,11,13,15,18,21H,3,5,7-10,12,14H2,(H,23,25). The van der Waals surface area contributed by atoms with Crippen LogP contribution in [0.5, 0.6) is 0 Å². The molecular formula is C20H26N4O. The van der Waals surface area contributed by atoms with Crippen molar-refractivity contribution in [1.82, 2.24) is 15.1 Å². The number of hydrogen-bond acceptors (Lipinski definition) is 3. The Morgan fingerprint density at radius 3 is 3.08 bits per heavy atom. The molecule has 1 amide bonds. The van der Waals surface area contributed by atoms with Crippen LogP contribution < -0.4 is 10.6 Å². The van der Waals surface area contributed by atoms with Crippen LogP contribution in [0.4, 0.5) is 5.82 Å². The van der Waals surface area contributed by atoms with Gasteiger partial charge in [-0.3, -0.25) is 4.79 Å². The Balaban J connectivity index is 1.45. The molecule has 1 aromatic carbocycles. The van der Waals surface area contributed by atoms with E-state index in [1.165, 1.54) is 17.5 Å². The molecule has 2 unspecified atom stereocenters. The summed E-state index contributed by atoms with van der Waals surface area (Å²) < 4.78 is 1.99. The van der Waals surface area contributed by atoms with Gasteiger partial charge in [0, 0.05) is 12.5 Å². The van der Waals surface area contributed by atoms with Crippen LogP contribution in [0.1, 0.15) is 49.3 Å². The van der Waals surface area contributed by atoms with Crippen molar-refractivity contribution in [1.29, 1.82) is 0 Å². The van der Waals surface area contributed by atoms with E-state index in [4.69, 9.17) is 0 Å². The predicted octanol–water partition coefficient (Wildman–Crippen LogP) is 3.14. The van der Waals surface area contributed by atoms with Crippen molar-refractivity contribution < 1.29 is 4.79 Å². The van der Waals surface area contributed by atoms with Crippen molar-refractivity contribution >= 4 is 11.7 Å². The Hall–Kier alpha value is -2.14. The van der Waals surface area contributed by atoms with Crippen molar-refractivity contribution in [2.75, 3.05) is 18.4 Å². The molecule has 2 atom stereocenters. The number of hydrogen-bond donors (Lipinski definition) is 2.